The number of allylic oxidation sites excluding steroid dienone is 1. The molecule has 0 fully saturated rings. The molecule has 0 aliphatic heterocycles. The summed E-state index contributed by atoms with van der Waals surface area (Å²) in [6, 6.07) is 5.35. The highest BCUT2D eigenvalue weighted by Crippen LogP contribution is 2.14. The van der Waals surface area contributed by atoms with Gasteiger partial charge in [0.2, 0.25) is 10.0 Å². The molecule has 5 heteroatoms. The third-order valence-electron chi connectivity index (χ3n) is 2.61. The lowest BCUT2D eigenvalue weighted by Crippen LogP contribution is -2.29. The van der Waals surface area contributed by atoms with Gasteiger partial charge in [0.1, 0.15) is 10.7 Å². The molecule has 1 aromatic rings. The molecule has 1 unspecified atom stereocenters. The molecule has 0 radical (unpaired) electrons. The fourth-order valence-corrected chi connectivity index (χ4v) is 2.74. The van der Waals surface area contributed by atoms with Crippen molar-refractivity contribution in [2.75, 3.05) is 6.54 Å². The maximum absolute atomic E-state index is 13.4. The first-order valence-corrected chi connectivity index (χ1v) is 7.30. The zero-order valence-corrected chi connectivity index (χ0v) is 11.2. The lowest BCUT2D eigenvalue weighted by atomic mass is 10.1. The summed E-state index contributed by atoms with van der Waals surface area (Å²) in [6.45, 7) is 5.85. The van der Waals surface area contributed by atoms with Crippen LogP contribution in [-0.4, -0.2) is 15.0 Å². The third kappa shape index (κ3) is 4.23. The highest BCUT2D eigenvalue weighted by atomic mass is 32.2. The fourth-order valence-electron chi connectivity index (χ4n) is 1.50. The first kappa shape index (κ1) is 14.9. The van der Waals surface area contributed by atoms with Crippen LogP contribution in [0.2, 0.25) is 0 Å². The minimum Gasteiger partial charge on any atom is -0.211 e. The Morgan fingerprint density at radius 2 is 2.11 bits per heavy atom. The smallest absolute Gasteiger partial charge is 0.211 e. The van der Waals surface area contributed by atoms with E-state index in [9.17, 15) is 12.8 Å². The Morgan fingerprint density at radius 1 is 1.44 bits per heavy atom. The van der Waals surface area contributed by atoms with Crippen LogP contribution in [0.1, 0.15) is 19.8 Å². The Bertz CT molecular complexity index is 499. The Kier molecular flexibility index (Phi) is 5.50. The Morgan fingerprint density at radius 3 is 2.72 bits per heavy atom. The number of sulfonamides is 1. The Hall–Kier alpha value is -1.20. The molecule has 0 aromatic heterocycles. The summed E-state index contributed by atoms with van der Waals surface area (Å²) in [4.78, 5) is -0.305. The van der Waals surface area contributed by atoms with Crippen molar-refractivity contribution in [1.29, 1.82) is 0 Å². The first-order valence-electron chi connectivity index (χ1n) is 5.82. The van der Waals surface area contributed by atoms with Crippen LogP contribution in [0.5, 0.6) is 0 Å². The minimum atomic E-state index is -3.76. The van der Waals surface area contributed by atoms with Crippen LogP contribution in [0.15, 0.2) is 41.8 Å². The van der Waals surface area contributed by atoms with E-state index in [2.05, 4.69) is 11.3 Å². The molecule has 1 N–H and O–H groups in total. The largest absolute Gasteiger partial charge is 0.243 e. The van der Waals surface area contributed by atoms with Crippen LogP contribution in [-0.2, 0) is 10.0 Å². The van der Waals surface area contributed by atoms with E-state index in [1.54, 1.807) is 6.08 Å². The molecule has 3 nitrogen and oxygen atoms in total. The van der Waals surface area contributed by atoms with Gasteiger partial charge in [-0.15, -0.1) is 6.58 Å². The average molecular weight is 271 g/mol. The van der Waals surface area contributed by atoms with Crippen molar-refractivity contribution in [3.05, 3.63) is 42.7 Å². The number of rotatable bonds is 7. The molecule has 0 heterocycles. The summed E-state index contributed by atoms with van der Waals surface area (Å²) in [5, 5.41) is 0. The van der Waals surface area contributed by atoms with Gasteiger partial charge in [-0.05, 0) is 30.9 Å². The van der Waals surface area contributed by atoms with Gasteiger partial charge in [0, 0.05) is 6.54 Å². The van der Waals surface area contributed by atoms with E-state index in [-0.39, 0.29) is 10.8 Å². The molecule has 100 valence electrons. The third-order valence-corrected chi connectivity index (χ3v) is 4.07. The number of benzene rings is 1. The summed E-state index contributed by atoms with van der Waals surface area (Å²) in [7, 11) is -3.76. The van der Waals surface area contributed by atoms with E-state index in [0.717, 1.165) is 18.9 Å². The maximum Gasteiger partial charge on any atom is 0.243 e. The van der Waals surface area contributed by atoms with E-state index in [0.29, 0.717) is 6.54 Å². The lowest BCUT2D eigenvalue weighted by molar-refractivity contribution is 0.509. The van der Waals surface area contributed by atoms with Gasteiger partial charge in [-0.25, -0.2) is 17.5 Å². The highest BCUT2D eigenvalue weighted by molar-refractivity contribution is 7.89. The van der Waals surface area contributed by atoms with Gasteiger partial charge in [-0.2, -0.15) is 0 Å². The zero-order valence-electron chi connectivity index (χ0n) is 10.4. The normalized spacial score (nSPS) is 13.2. The number of hydrogen-bond acceptors (Lipinski definition) is 2. The van der Waals surface area contributed by atoms with Crippen molar-refractivity contribution >= 4 is 10.0 Å². The quantitative estimate of drug-likeness (QED) is 0.775. The lowest BCUT2D eigenvalue weighted by Gasteiger charge is -2.12. The molecule has 1 atom stereocenters. The van der Waals surface area contributed by atoms with Crippen LogP contribution in [0, 0.1) is 11.7 Å². The van der Waals surface area contributed by atoms with Crippen molar-refractivity contribution in [2.45, 2.75) is 24.7 Å². The molecule has 0 amide bonds. The molecule has 1 rings (SSSR count). The number of halogens is 1. The van der Waals surface area contributed by atoms with Crippen LogP contribution in [0.4, 0.5) is 4.39 Å². The van der Waals surface area contributed by atoms with Gasteiger partial charge >= 0.3 is 0 Å². The molecule has 0 aliphatic carbocycles. The molecule has 1 aromatic carbocycles. The molecule has 0 saturated heterocycles. The van der Waals surface area contributed by atoms with E-state index in [4.69, 9.17) is 0 Å². The van der Waals surface area contributed by atoms with Gasteiger partial charge in [-0.3, -0.25) is 0 Å². The summed E-state index contributed by atoms with van der Waals surface area (Å²) < 4.78 is 39.5. The standard InChI is InChI=1S/C13H18FNO2S/c1-3-4-7-11(2)10-15-18(16,17)13-9-6-5-8-12(13)14/h3,5-6,8-9,11,15H,1,4,7,10H2,2H3. The highest BCUT2D eigenvalue weighted by Gasteiger charge is 2.18. The van der Waals surface area contributed by atoms with E-state index in [1.807, 2.05) is 6.92 Å². The van der Waals surface area contributed by atoms with Gasteiger partial charge in [0.15, 0.2) is 0 Å². The van der Waals surface area contributed by atoms with Crippen LogP contribution in [0.3, 0.4) is 0 Å². The molecule has 0 spiro atoms. The van der Waals surface area contributed by atoms with Crippen LogP contribution < -0.4 is 4.72 Å². The number of hydrogen-bond donors (Lipinski definition) is 1. The maximum atomic E-state index is 13.4. The van der Waals surface area contributed by atoms with Gasteiger partial charge < -0.3 is 0 Å². The van der Waals surface area contributed by atoms with Gasteiger partial charge in [0.25, 0.3) is 0 Å². The van der Waals surface area contributed by atoms with Crippen LogP contribution >= 0.6 is 0 Å². The van der Waals surface area contributed by atoms with Crippen molar-refractivity contribution in [2.24, 2.45) is 5.92 Å². The molecule has 0 saturated carbocycles. The molecule has 18 heavy (non-hydrogen) atoms. The first-order chi connectivity index (χ1) is 8.47. The van der Waals surface area contributed by atoms with E-state index >= 15 is 0 Å². The summed E-state index contributed by atoms with van der Waals surface area (Å²) in [6.07, 6.45) is 3.48. The monoisotopic (exact) mass is 271 g/mol. The minimum absolute atomic E-state index is 0.185. The molecular weight excluding hydrogens is 253 g/mol. The van der Waals surface area contributed by atoms with Crippen molar-refractivity contribution < 1.29 is 12.8 Å². The average Bonchev–Trinajstić information content (AvgIpc) is 2.34. The van der Waals surface area contributed by atoms with E-state index < -0.39 is 15.8 Å². The van der Waals surface area contributed by atoms with Crippen molar-refractivity contribution in [3.8, 4) is 0 Å². The van der Waals surface area contributed by atoms with Crippen molar-refractivity contribution in [3.63, 3.8) is 0 Å². The van der Waals surface area contributed by atoms with Crippen LogP contribution in [0.25, 0.3) is 0 Å². The summed E-state index contributed by atoms with van der Waals surface area (Å²) >= 11 is 0. The van der Waals surface area contributed by atoms with Crippen molar-refractivity contribution in [1.82, 2.24) is 4.72 Å². The SMILES string of the molecule is C=CCCC(C)CNS(=O)(=O)c1ccccc1F. The molecular formula is C13H18FNO2S. The number of nitrogens with one attached hydrogen (secondary N) is 1. The molecule has 0 aliphatic rings. The van der Waals surface area contributed by atoms with E-state index in [1.165, 1.54) is 18.2 Å². The Balaban J connectivity index is 2.66. The zero-order chi connectivity index (χ0) is 13.6. The predicted molar refractivity (Wildman–Crippen MR) is 70.2 cm³/mol. The predicted octanol–water partition coefficient (Wildman–Crippen LogP) is 2.71. The van der Waals surface area contributed by atoms with Gasteiger partial charge in [0.05, 0.1) is 0 Å². The fraction of sp³-hybridized carbons (Fsp3) is 0.385. The second kappa shape index (κ2) is 6.66. The summed E-state index contributed by atoms with van der Waals surface area (Å²) in [5.41, 5.74) is 0. The van der Waals surface area contributed by atoms with Gasteiger partial charge in [-0.1, -0.05) is 25.1 Å². The topological polar surface area (TPSA) is 46.2 Å². The second-order valence-corrected chi connectivity index (χ2v) is 5.99. The molecule has 0 bridgehead atoms. The summed E-state index contributed by atoms with van der Waals surface area (Å²) in [5.74, 6) is -0.548. The second-order valence-electron chi connectivity index (χ2n) is 4.25. The Labute approximate surface area is 108 Å².